The Labute approximate surface area is 70.0 Å². The van der Waals surface area contributed by atoms with Gasteiger partial charge in [0.25, 0.3) is 0 Å². The van der Waals surface area contributed by atoms with E-state index in [2.05, 4.69) is 24.3 Å². The van der Waals surface area contributed by atoms with Gasteiger partial charge in [0.2, 0.25) is 0 Å². The van der Waals surface area contributed by atoms with Gasteiger partial charge in [0.1, 0.15) is 0 Å². The first-order chi connectivity index (χ1) is 2.50. The van der Waals surface area contributed by atoms with Crippen molar-refractivity contribution in [1.29, 1.82) is 0 Å². The van der Waals surface area contributed by atoms with Gasteiger partial charge in [-0.3, -0.25) is 0 Å². The maximum Gasteiger partial charge on any atom is 0 e. The molecule has 0 unspecified atom stereocenters. The smallest absolute Gasteiger partial charge is 0 e. The molecule has 0 aromatic carbocycles. The van der Waals surface area contributed by atoms with Gasteiger partial charge in [0.15, 0.2) is 0 Å². The van der Waals surface area contributed by atoms with Gasteiger partial charge < -0.3 is 0 Å². The Morgan fingerprint density at radius 1 is 1.00 bits per heavy atom. The van der Waals surface area contributed by atoms with Crippen LogP contribution in [-0.2, 0) is 0 Å². The van der Waals surface area contributed by atoms with Gasteiger partial charge in [-0.2, -0.15) is 0 Å². The Morgan fingerprint density at radius 3 is 1.67 bits per heavy atom. The molecule has 0 aliphatic heterocycles. The molecule has 0 nitrogen and oxygen atoms in total. The molecule has 0 amide bonds. The van der Waals surface area contributed by atoms with E-state index in [1.54, 1.807) is 0 Å². The van der Waals surface area contributed by atoms with E-state index in [0.717, 1.165) is 6.42 Å². The van der Waals surface area contributed by atoms with Crippen LogP contribution in [0.25, 0.3) is 0 Å². The second-order valence-electron chi connectivity index (χ2n) is 1.09. The summed E-state index contributed by atoms with van der Waals surface area (Å²) in [6.45, 7) is 0. The van der Waals surface area contributed by atoms with Gasteiger partial charge >= 0.3 is 0 Å². The summed E-state index contributed by atoms with van der Waals surface area (Å²) in [4.78, 5) is 0. The number of rotatable bonds is 0. The average Bonchev–Trinajstić information content (AvgIpc) is 1.76. The Morgan fingerprint density at radius 2 is 1.50 bits per heavy atom. The van der Waals surface area contributed by atoms with E-state index in [1.165, 1.54) is 0 Å². The maximum atomic E-state index is 2.12. The molecular formula is C5H6Gd. The summed E-state index contributed by atoms with van der Waals surface area (Å²) >= 11 is 0. The number of hydrogen-bond acceptors (Lipinski definition) is 0. The van der Waals surface area contributed by atoms with Crippen LogP contribution in [0.2, 0.25) is 0 Å². The monoisotopic (exact) mass is 224 g/mol. The normalized spacial score (nSPS) is 14.7. The van der Waals surface area contributed by atoms with Gasteiger partial charge in [0, 0.05) is 39.9 Å². The molecule has 1 aliphatic rings. The van der Waals surface area contributed by atoms with Crippen LogP contribution in [0.3, 0.4) is 0 Å². The molecule has 0 aromatic heterocycles. The topological polar surface area (TPSA) is 0 Å². The first-order valence-corrected chi connectivity index (χ1v) is 1.82. The Bertz CT molecular complexity index is 62.0. The molecule has 0 aromatic rings. The quantitative estimate of drug-likeness (QED) is 0.584. The van der Waals surface area contributed by atoms with E-state index >= 15 is 0 Å². The maximum absolute atomic E-state index is 2.12. The zero-order valence-corrected chi connectivity index (χ0v) is 5.64. The molecule has 0 saturated carbocycles. The molecule has 34 valence electrons. The molecule has 0 heterocycles. The van der Waals surface area contributed by atoms with Crippen molar-refractivity contribution in [2.45, 2.75) is 6.42 Å². The second-order valence-corrected chi connectivity index (χ2v) is 1.09. The Kier molecular flexibility index (Phi) is 4.51. The molecule has 0 bridgehead atoms. The van der Waals surface area contributed by atoms with Gasteiger partial charge in [-0.15, -0.1) is 0 Å². The zero-order chi connectivity index (χ0) is 3.54. The largest absolute Gasteiger partial charge is 0.0808 e. The van der Waals surface area contributed by atoms with Crippen molar-refractivity contribution in [2.24, 2.45) is 0 Å². The first kappa shape index (κ1) is 6.80. The summed E-state index contributed by atoms with van der Waals surface area (Å²) < 4.78 is 0. The van der Waals surface area contributed by atoms with E-state index in [4.69, 9.17) is 0 Å². The Balaban J connectivity index is 0.000000250. The number of hydrogen-bond donors (Lipinski definition) is 0. The minimum atomic E-state index is 0. The third-order valence-corrected chi connectivity index (χ3v) is 0.655. The molecule has 0 spiro atoms. The van der Waals surface area contributed by atoms with Crippen molar-refractivity contribution in [3.63, 3.8) is 0 Å². The predicted molar refractivity (Wildman–Crippen MR) is 22.9 cm³/mol. The molecule has 0 atom stereocenters. The molecule has 0 fully saturated rings. The fraction of sp³-hybridized carbons (Fsp3) is 0.200. The number of allylic oxidation sites excluding steroid dienone is 4. The summed E-state index contributed by atoms with van der Waals surface area (Å²) in [5, 5.41) is 0. The van der Waals surface area contributed by atoms with E-state index in [1.807, 2.05) is 0 Å². The van der Waals surface area contributed by atoms with Gasteiger partial charge in [0.05, 0.1) is 0 Å². The molecule has 1 heteroatoms. The van der Waals surface area contributed by atoms with Crippen molar-refractivity contribution in [3.05, 3.63) is 24.3 Å². The van der Waals surface area contributed by atoms with Crippen molar-refractivity contribution in [3.8, 4) is 0 Å². The van der Waals surface area contributed by atoms with Crippen LogP contribution in [0, 0.1) is 39.9 Å². The molecule has 1 aliphatic carbocycles. The Hall–Kier alpha value is 0.805. The van der Waals surface area contributed by atoms with Gasteiger partial charge in [-0.25, -0.2) is 0 Å². The zero-order valence-electron chi connectivity index (χ0n) is 3.37. The third-order valence-electron chi connectivity index (χ3n) is 0.655. The van der Waals surface area contributed by atoms with E-state index in [-0.39, 0.29) is 39.9 Å². The summed E-state index contributed by atoms with van der Waals surface area (Å²) in [6, 6.07) is 0. The van der Waals surface area contributed by atoms with Crippen molar-refractivity contribution < 1.29 is 39.9 Å². The van der Waals surface area contributed by atoms with Crippen molar-refractivity contribution in [2.75, 3.05) is 0 Å². The minimum absolute atomic E-state index is 0. The fourth-order valence-corrected chi connectivity index (χ4v) is 0.393. The fourth-order valence-electron chi connectivity index (χ4n) is 0.393. The molecule has 0 N–H and O–H groups in total. The summed E-state index contributed by atoms with van der Waals surface area (Å²) in [7, 11) is 0. The van der Waals surface area contributed by atoms with Crippen LogP contribution in [-0.4, -0.2) is 0 Å². The third kappa shape index (κ3) is 2.06. The summed E-state index contributed by atoms with van der Waals surface area (Å²) in [6.07, 6.45) is 9.50. The van der Waals surface area contributed by atoms with E-state index in [9.17, 15) is 0 Å². The SMILES string of the molecule is C1=CCC=C1.[Gd]. The van der Waals surface area contributed by atoms with Crippen LogP contribution in [0.15, 0.2) is 24.3 Å². The summed E-state index contributed by atoms with van der Waals surface area (Å²) in [5.41, 5.74) is 0. The van der Waals surface area contributed by atoms with Crippen LogP contribution in [0.5, 0.6) is 0 Å². The molecule has 0 saturated heterocycles. The van der Waals surface area contributed by atoms with Crippen molar-refractivity contribution >= 4 is 0 Å². The molecule has 1 rings (SSSR count). The minimum Gasteiger partial charge on any atom is -0.0808 e. The molecule has 6 heavy (non-hydrogen) atoms. The first-order valence-electron chi connectivity index (χ1n) is 1.82. The van der Waals surface area contributed by atoms with Gasteiger partial charge in [-0.05, 0) is 6.42 Å². The van der Waals surface area contributed by atoms with Gasteiger partial charge in [-0.1, -0.05) is 24.3 Å². The van der Waals surface area contributed by atoms with Crippen molar-refractivity contribution in [1.82, 2.24) is 0 Å². The average molecular weight is 223 g/mol. The van der Waals surface area contributed by atoms with Crippen LogP contribution >= 0.6 is 0 Å². The van der Waals surface area contributed by atoms with Crippen LogP contribution < -0.4 is 0 Å². The van der Waals surface area contributed by atoms with Crippen LogP contribution in [0.4, 0.5) is 0 Å². The predicted octanol–water partition coefficient (Wildman–Crippen LogP) is 1.50. The summed E-state index contributed by atoms with van der Waals surface area (Å²) in [5.74, 6) is 0. The van der Waals surface area contributed by atoms with Crippen LogP contribution in [0.1, 0.15) is 6.42 Å². The second kappa shape index (κ2) is 3.98. The standard InChI is InChI=1S/C5H6.Gd/c1-2-4-5-3-1;/h1-4H,5H2;. The molecular weight excluding hydrogens is 217 g/mol. The molecule has 0 radical (unpaired) electrons. The van der Waals surface area contributed by atoms with E-state index in [0.29, 0.717) is 0 Å². The van der Waals surface area contributed by atoms with E-state index < -0.39 is 0 Å².